The van der Waals surface area contributed by atoms with Gasteiger partial charge in [-0.25, -0.2) is 0 Å². The first-order valence-electron chi connectivity index (χ1n) is 12.4. The van der Waals surface area contributed by atoms with E-state index in [2.05, 4.69) is 26.6 Å². The Balaban J connectivity index is 1.45. The molecular weight excluding hydrogens is 502 g/mol. The number of carbonyl (C=O) groups excluding carboxylic acids is 3. The van der Waals surface area contributed by atoms with Crippen LogP contribution in [0.1, 0.15) is 44.9 Å². The highest BCUT2D eigenvalue weighted by molar-refractivity contribution is 9.09. The van der Waals surface area contributed by atoms with Crippen LogP contribution in [0.4, 0.5) is 5.69 Å². The Morgan fingerprint density at radius 3 is 2.59 bits per heavy atom. The zero-order chi connectivity index (χ0) is 23.9. The number of ether oxygens (including phenoxy) is 1. The minimum atomic E-state index is -1.05. The predicted octanol–water partition coefficient (Wildman–Crippen LogP) is 2.20. The number of likely N-dealkylation sites (tertiary alicyclic amines) is 1. The number of benzene rings is 1. The van der Waals surface area contributed by atoms with E-state index in [0.717, 1.165) is 25.7 Å². The van der Waals surface area contributed by atoms with E-state index in [1.807, 2.05) is 18.2 Å². The highest BCUT2D eigenvalue weighted by atomic mass is 79.9. The lowest BCUT2D eigenvalue weighted by Crippen LogP contribution is -2.57. The molecule has 3 amide bonds. The number of hydrogen-bond acceptors (Lipinski definition) is 5. The van der Waals surface area contributed by atoms with E-state index < -0.39 is 29.6 Å². The first-order valence-corrected chi connectivity index (χ1v) is 13.3. The molecule has 9 heteroatoms. The predicted molar refractivity (Wildman–Crippen MR) is 129 cm³/mol. The summed E-state index contributed by atoms with van der Waals surface area (Å²) >= 11 is 3.68. The molecule has 1 spiro atoms. The number of para-hydroxylation sites is 1. The van der Waals surface area contributed by atoms with E-state index in [1.54, 1.807) is 17.0 Å². The Labute approximate surface area is 207 Å². The zero-order valence-corrected chi connectivity index (χ0v) is 20.7. The van der Waals surface area contributed by atoms with Gasteiger partial charge in [-0.1, -0.05) is 53.4 Å². The first-order chi connectivity index (χ1) is 16.5. The standard InChI is InChI=1S/C25H32BrN3O5/c26-17-14-25-19(18(20(17)34-25)22(31)27-15-8-3-1-4-9-15)24(33)29(12-7-13-30)21(25)23(32)28-16-10-5-2-6-11-16/h1,3-4,8-9,16-21,30H,2,5-7,10-14H2,(H,27,31)(H,28,32)/t17?,18-,19+,20-,21?,25?/m1/s1. The molecule has 8 nitrogen and oxygen atoms in total. The van der Waals surface area contributed by atoms with Crippen molar-refractivity contribution >= 4 is 39.3 Å². The summed E-state index contributed by atoms with van der Waals surface area (Å²) in [6, 6.07) is 8.44. The summed E-state index contributed by atoms with van der Waals surface area (Å²) < 4.78 is 6.48. The number of alkyl halides is 1. The van der Waals surface area contributed by atoms with Gasteiger partial charge in [0.25, 0.3) is 0 Å². The number of amides is 3. The van der Waals surface area contributed by atoms with E-state index in [1.165, 1.54) is 6.42 Å². The van der Waals surface area contributed by atoms with E-state index in [-0.39, 0.29) is 41.7 Å². The van der Waals surface area contributed by atoms with Gasteiger partial charge >= 0.3 is 0 Å². The number of carbonyl (C=O) groups is 3. The third kappa shape index (κ3) is 3.95. The molecule has 1 aromatic carbocycles. The van der Waals surface area contributed by atoms with Crippen LogP contribution in [-0.4, -0.2) is 69.5 Å². The lowest BCUT2D eigenvalue weighted by Gasteiger charge is -2.35. The van der Waals surface area contributed by atoms with Gasteiger partial charge in [0.15, 0.2) is 0 Å². The van der Waals surface area contributed by atoms with Gasteiger partial charge in [0.1, 0.15) is 11.6 Å². The number of hydrogen-bond donors (Lipinski definition) is 3. The number of fused-ring (bicyclic) bond motifs is 1. The second-order valence-corrected chi connectivity index (χ2v) is 11.1. The van der Waals surface area contributed by atoms with Crippen LogP contribution in [0.3, 0.4) is 0 Å². The Kier molecular flexibility index (Phi) is 6.70. The fourth-order valence-corrected chi connectivity index (χ4v) is 7.43. The van der Waals surface area contributed by atoms with Crippen molar-refractivity contribution in [3.63, 3.8) is 0 Å². The third-order valence-corrected chi connectivity index (χ3v) is 8.74. The molecule has 2 bridgehead atoms. The Morgan fingerprint density at radius 2 is 1.88 bits per heavy atom. The topological polar surface area (TPSA) is 108 Å². The molecule has 1 saturated carbocycles. The summed E-state index contributed by atoms with van der Waals surface area (Å²) in [5, 5.41) is 15.6. The van der Waals surface area contributed by atoms with Crippen LogP contribution >= 0.6 is 15.9 Å². The Bertz CT molecular complexity index is 940. The maximum absolute atomic E-state index is 13.7. The van der Waals surface area contributed by atoms with Gasteiger partial charge in [0.2, 0.25) is 17.7 Å². The molecule has 1 aliphatic carbocycles. The van der Waals surface area contributed by atoms with Crippen molar-refractivity contribution in [2.45, 2.75) is 73.6 Å². The molecule has 184 valence electrons. The van der Waals surface area contributed by atoms with Gasteiger partial charge in [-0.2, -0.15) is 0 Å². The highest BCUT2D eigenvalue weighted by Crippen LogP contribution is 2.60. The Hall–Kier alpha value is -1.97. The SMILES string of the molecule is O=C(NC1CCCCC1)C1N(CCCO)C(=O)[C@@H]2[C@@H](C(=O)Nc3ccccc3)[C@@H]3OC12CC3Br. The van der Waals surface area contributed by atoms with Crippen molar-refractivity contribution in [3.8, 4) is 0 Å². The molecule has 34 heavy (non-hydrogen) atoms. The molecule has 4 fully saturated rings. The smallest absolute Gasteiger partial charge is 0.246 e. The molecule has 5 rings (SSSR count). The van der Waals surface area contributed by atoms with Crippen LogP contribution in [0, 0.1) is 11.8 Å². The normalized spacial score (nSPS) is 34.8. The summed E-state index contributed by atoms with van der Waals surface area (Å²) in [5.41, 5.74) is -0.396. The van der Waals surface area contributed by atoms with Crippen LogP contribution in [0.2, 0.25) is 0 Å². The third-order valence-electron chi connectivity index (χ3n) is 7.89. The molecule has 3 unspecified atom stereocenters. The average molecular weight is 534 g/mol. The second kappa shape index (κ2) is 9.59. The number of aliphatic hydroxyl groups is 1. The molecule has 6 atom stereocenters. The molecule has 3 saturated heterocycles. The average Bonchev–Trinajstić information content (AvgIpc) is 3.42. The van der Waals surface area contributed by atoms with Gasteiger partial charge in [0, 0.05) is 29.7 Å². The minimum absolute atomic E-state index is 0.0825. The van der Waals surface area contributed by atoms with Crippen molar-refractivity contribution in [1.29, 1.82) is 0 Å². The van der Waals surface area contributed by atoms with Crippen LogP contribution in [-0.2, 0) is 19.1 Å². The summed E-state index contributed by atoms with van der Waals surface area (Å²) in [6.07, 6.45) is 5.59. The molecule has 0 aromatic heterocycles. The van der Waals surface area contributed by atoms with Crippen molar-refractivity contribution in [2.24, 2.45) is 11.8 Å². The fourth-order valence-electron chi connectivity index (χ4n) is 6.49. The molecule has 3 N–H and O–H groups in total. The lowest BCUT2D eigenvalue weighted by molar-refractivity contribution is -0.142. The van der Waals surface area contributed by atoms with E-state index in [4.69, 9.17) is 4.74 Å². The monoisotopic (exact) mass is 533 g/mol. The molecule has 1 aromatic rings. The maximum atomic E-state index is 13.7. The van der Waals surface area contributed by atoms with Gasteiger partial charge < -0.3 is 25.4 Å². The van der Waals surface area contributed by atoms with Crippen molar-refractivity contribution < 1.29 is 24.2 Å². The van der Waals surface area contributed by atoms with Gasteiger partial charge in [-0.05, 0) is 37.8 Å². The number of nitrogens with zero attached hydrogens (tertiary/aromatic N) is 1. The zero-order valence-electron chi connectivity index (χ0n) is 19.1. The van der Waals surface area contributed by atoms with Crippen LogP contribution in [0.5, 0.6) is 0 Å². The van der Waals surface area contributed by atoms with Crippen molar-refractivity contribution in [3.05, 3.63) is 30.3 Å². The first kappa shape index (κ1) is 23.8. The lowest BCUT2D eigenvalue weighted by atomic mass is 9.70. The van der Waals surface area contributed by atoms with Crippen LogP contribution < -0.4 is 10.6 Å². The number of halogens is 1. The number of aliphatic hydroxyl groups excluding tert-OH is 1. The van der Waals surface area contributed by atoms with E-state index >= 15 is 0 Å². The summed E-state index contributed by atoms with van der Waals surface area (Å²) in [6.45, 7) is 0.172. The van der Waals surface area contributed by atoms with Crippen LogP contribution in [0.25, 0.3) is 0 Å². The minimum Gasteiger partial charge on any atom is -0.396 e. The molecule has 3 heterocycles. The Morgan fingerprint density at radius 1 is 1.15 bits per heavy atom. The fraction of sp³-hybridized carbons (Fsp3) is 0.640. The van der Waals surface area contributed by atoms with E-state index in [9.17, 15) is 19.5 Å². The number of anilines is 1. The van der Waals surface area contributed by atoms with Gasteiger partial charge in [-0.15, -0.1) is 0 Å². The summed E-state index contributed by atoms with van der Waals surface area (Å²) in [5.74, 6) is -2.13. The van der Waals surface area contributed by atoms with Gasteiger partial charge in [-0.3, -0.25) is 14.4 Å². The molecular formula is C25H32BrN3O5. The van der Waals surface area contributed by atoms with Crippen LogP contribution in [0.15, 0.2) is 30.3 Å². The second-order valence-electron chi connectivity index (χ2n) is 9.97. The number of nitrogens with one attached hydrogen (secondary N) is 2. The summed E-state index contributed by atoms with van der Waals surface area (Å²) in [4.78, 5) is 42.3. The molecule has 0 radical (unpaired) electrons. The molecule has 4 aliphatic rings. The quantitative estimate of drug-likeness (QED) is 0.465. The molecule has 3 aliphatic heterocycles. The van der Waals surface area contributed by atoms with E-state index in [0.29, 0.717) is 18.5 Å². The summed E-state index contributed by atoms with van der Waals surface area (Å²) in [7, 11) is 0. The highest BCUT2D eigenvalue weighted by Gasteiger charge is 2.76. The largest absolute Gasteiger partial charge is 0.396 e. The van der Waals surface area contributed by atoms with Crippen molar-refractivity contribution in [2.75, 3.05) is 18.5 Å². The van der Waals surface area contributed by atoms with Crippen molar-refractivity contribution in [1.82, 2.24) is 10.2 Å². The van der Waals surface area contributed by atoms with Gasteiger partial charge in [0.05, 0.1) is 17.9 Å². The number of rotatable bonds is 7. The maximum Gasteiger partial charge on any atom is 0.246 e.